The largest absolute Gasteiger partial charge is 0.489 e. The Balaban J connectivity index is 1.51. The molecule has 1 N–H and O–H groups in total. The molecular formula is C24H25NO3. The highest BCUT2D eigenvalue weighted by Gasteiger charge is 2.15. The van der Waals surface area contributed by atoms with E-state index in [1.54, 1.807) is 6.92 Å². The van der Waals surface area contributed by atoms with Crippen molar-refractivity contribution in [1.82, 2.24) is 0 Å². The molecule has 0 heterocycles. The van der Waals surface area contributed by atoms with E-state index >= 15 is 0 Å². The van der Waals surface area contributed by atoms with Gasteiger partial charge in [-0.15, -0.1) is 0 Å². The van der Waals surface area contributed by atoms with E-state index in [-0.39, 0.29) is 5.91 Å². The quantitative estimate of drug-likeness (QED) is 0.586. The zero-order valence-corrected chi connectivity index (χ0v) is 16.2. The molecule has 1 unspecified atom stereocenters. The van der Waals surface area contributed by atoms with Crippen LogP contribution >= 0.6 is 0 Å². The van der Waals surface area contributed by atoms with Crippen LogP contribution in [0.4, 0.5) is 5.69 Å². The van der Waals surface area contributed by atoms with Gasteiger partial charge in [-0.05, 0) is 60.9 Å². The van der Waals surface area contributed by atoms with E-state index in [1.165, 1.54) is 5.56 Å². The average molecular weight is 375 g/mol. The molecule has 0 radical (unpaired) electrons. The van der Waals surface area contributed by atoms with E-state index < -0.39 is 6.10 Å². The van der Waals surface area contributed by atoms with Gasteiger partial charge >= 0.3 is 0 Å². The molecule has 4 heteroatoms. The Morgan fingerprint density at radius 1 is 0.893 bits per heavy atom. The lowest BCUT2D eigenvalue weighted by Gasteiger charge is -2.15. The van der Waals surface area contributed by atoms with E-state index in [9.17, 15) is 4.79 Å². The first-order valence-electron chi connectivity index (χ1n) is 9.47. The number of anilines is 1. The third kappa shape index (κ3) is 5.61. The maximum absolute atomic E-state index is 12.4. The molecule has 0 fully saturated rings. The Morgan fingerprint density at radius 3 is 2.32 bits per heavy atom. The normalized spacial score (nSPS) is 11.5. The highest BCUT2D eigenvalue weighted by molar-refractivity contribution is 5.94. The molecule has 0 saturated heterocycles. The first kappa shape index (κ1) is 19.5. The molecule has 0 aliphatic rings. The van der Waals surface area contributed by atoms with Gasteiger partial charge in [-0.25, -0.2) is 0 Å². The van der Waals surface area contributed by atoms with Gasteiger partial charge in [0.25, 0.3) is 5.91 Å². The van der Waals surface area contributed by atoms with Gasteiger partial charge in [-0.3, -0.25) is 4.79 Å². The zero-order valence-electron chi connectivity index (χ0n) is 16.2. The second kappa shape index (κ2) is 9.60. The lowest BCUT2D eigenvalue weighted by Crippen LogP contribution is -2.30. The second-order valence-electron chi connectivity index (χ2n) is 6.55. The van der Waals surface area contributed by atoms with Crippen LogP contribution in [0.5, 0.6) is 11.5 Å². The standard InChI is InChI=1S/C24H25NO3/c1-3-19-10-7-11-23(16-19)28-18(2)24(26)25-21-12-14-22(15-13-21)27-17-20-8-5-4-6-9-20/h4-16,18H,3,17H2,1-2H3,(H,25,26). The van der Waals surface area contributed by atoms with Gasteiger partial charge in [0, 0.05) is 5.69 Å². The van der Waals surface area contributed by atoms with Gasteiger partial charge in [0.15, 0.2) is 6.10 Å². The number of carbonyl (C=O) groups is 1. The molecule has 28 heavy (non-hydrogen) atoms. The molecule has 1 amide bonds. The predicted octanol–water partition coefficient (Wildman–Crippen LogP) is 5.23. The summed E-state index contributed by atoms with van der Waals surface area (Å²) in [5, 5.41) is 2.87. The van der Waals surface area contributed by atoms with Gasteiger partial charge in [0.2, 0.25) is 0 Å². The summed E-state index contributed by atoms with van der Waals surface area (Å²) in [5.41, 5.74) is 2.99. The Hall–Kier alpha value is -3.27. The van der Waals surface area contributed by atoms with Crippen molar-refractivity contribution in [3.8, 4) is 11.5 Å². The number of hydrogen-bond donors (Lipinski definition) is 1. The van der Waals surface area contributed by atoms with Crippen molar-refractivity contribution < 1.29 is 14.3 Å². The zero-order chi connectivity index (χ0) is 19.8. The summed E-state index contributed by atoms with van der Waals surface area (Å²) in [5.74, 6) is 1.26. The monoisotopic (exact) mass is 375 g/mol. The van der Waals surface area contributed by atoms with E-state index in [0.717, 1.165) is 17.7 Å². The van der Waals surface area contributed by atoms with Gasteiger partial charge in [0.1, 0.15) is 18.1 Å². The van der Waals surface area contributed by atoms with E-state index in [2.05, 4.69) is 12.2 Å². The van der Waals surface area contributed by atoms with Crippen LogP contribution in [0.2, 0.25) is 0 Å². The van der Waals surface area contributed by atoms with Crippen molar-refractivity contribution in [2.75, 3.05) is 5.32 Å². The number of nitrogens with one attached hydrogen (secondary N) is 1. The highest BCUT2D eigenvalue weighted by Crippen LogP contribution is 2.19. The van der Waals surface area contributed by atoms with E-state index in [0.29, 0.717) is 18.0 Å². The Labute approximate surface area is 166 Å². The Kier molecular flexibility index (Phi) is 6.68. The van der Waals surface area contributed by atoms with Gasteiger partial charge < -0.3 is 14.8 Å². The number of aryl methyl sites for hydroxylation is 1. The van der Waals surface area contributed by atoms with Crippen molar-refractivity contribution in [2.24, 2.45) is 0 Å². The van der Waals surface area contributed by atoms with Crippen molar-refractivity contribution in [1.29, 1.82) is 0 Å². The molecule has 0 aromatic heterocycles. The Morgan fingerprint density at radius 2 is 1.61 bits per heavy atom. The molecule has 3 aromatic rings. The molecular weight excluding hydrogens is 350 g/mol. The molecule has 0 spiro atoms. The summed E-state index contributed by atoms with van der Waals surface area (Å²) >= 11 is 0. The fourth-order valence-electron chi connectivity index (χ4n) is 2.72. The lowest BCUT2D eigenvalue weighted by atomic mass is 10.2. The fraction of sp³-hybridized carbons (Fsp3) is 0.208. The second-order valence-corrected chi connectivity index (χ2v) is 6.55. The number of benzene rings is 3. The van der Waals surface area contributed by atoms with Crippen molar-refractivity contribution in [3.05, 3.63) is 90.0 Å². The predicted molar refractivity (Wildman–Crippen MR) is 112 cm³/mol. The highest BCUT2D eigenvalue weighted by atomic mass is 16.5. The van der Waals surface area contributed by atoms with Crippen LogP contribution in [0.3, 0.4) is 0 Å². The molecule has 4 nitrogen and oxygen atoms in total. The number of rotatable bonds is 8. The first-order valence-corrected chi connectivity index (χ1v) is 9.47. The summed E-state index contributed by atoms with van der Waals surface area (Å²) in [7, 11) is 0. The van der Waals surface area contributed by atoms with Gasteiger partial charge in [-0.2, -0.15) is 0 Å². The average Bonchev–Trinajstić information content (AvgIpc) is 2.74. The van der Waals surface area contributed by atoms with Crippen molar-refractivity contribution in [2.45, 2.75) is 33.0 Å². The number of amides is 1. The van der Waals surface area contributed by atoms with Crippen molar-refractivity contribution in [3.63, 3.8) is 0 Å². The van der Waals surface area contributed by atoms with Crippen LogP contribution in [0.25, 0.3) is 0 Å². The smallest absolute Gasteiger partial charge is 0.265 e. The van der Waals surface area contributed by atoms with Gasteiger partial charge in [0.05, 0.1) is 0 Å². The third-order valence-electron chi connectivity index (χ3n) is 4.36. The summed E-state index contributed by atoms with van der Waals surface area (Å²) in [4.78, 5) is 12.4. The van der Waals surface area contributed by atoms with Gasteiger partial charge in [-0.1, -0.05) is 49.4 Å². The van der Waals surface area contributed by atoms with E-state index in [4.69, 9.17) is 9.47 Å². The van der Waals surface area contributed by atoms with Crippen molar-refractivity contribution >= 4 is 11.6 Å². The van der Waals surface area contributed by atoms with Crippen LogP contribution in [-0.2, 0) is 17.8 Å². The van der Waals surface area contributed by atoms with Crippen LogP contribution in [0, 0.1) is 0 Å². The minimum atomic E-state index is -0.596. The summed E-state index contributed by atoms with van der Waals surface area (Å²) < 4.78 is 11.5. The lowest BCUT2D eigenvalue weighted by molar-refractivity contribution is -0.122. The number of ether oxygens (including phenoxy) is 2. The maximum Gasteiger partial charge on any atom is 0.265 e. The first-order chi connectivity index (χ1) is 13.6. The molecule has 3 rings (SSSR count). The molecule has 0 aliphatic carbocycles. The third-order valence-corrected chi connectivity index (χ3v) is 4.36. The number of hydrogen-bond acceptors (Lipinski definition) is 3. The molecule has 0 saturated carbocycles. The molecule has 144 valence electrons. The SMILES string of the molecule is CCc1cccc(OC(C)C(=O)Nc2ccc(OCc3ccccc3)cc2)c1. The maximum atomic E-state index is 12.4. The summed E-state index contributed by atoms with van der Waals surface area (Å²) in [6.45, 7) is 4.34. The van der Waals surface area contributed by atoms with Crippen LogP contribution in [0.1, 0.15) is 25.0 Å². The summed E-state index contributed by atoms with van der Waals surface area (Å²) in [6, 6.07) is 25.1. The molecule has 1 atom stereocenters. The molecule has 0 aliphatic heterocycles. The molecule has 3 aromatic carbocycles. The molecule has 0 bridgehead atoms. The minimum Gasteiger partial charge on any atom is -0.489 e. The topological polar surface area (TPSA) is 47.6 Å². The van der Waals surface area contributed by atoms with E-state index in [1.807, 2.05) is 78.9 Å². The van der Waals surface area contributed by atoms with Crippen LogP contribution in [-0.4, -0.2) is 12.0 Å². The summed E-state index contributed by atoms with van der Waals surface area (Å²) in [6.07, 6.45) is 0.331. The number of carbonyl (C=O) groups excluding carboxylic acids is 1. The minimum absolute atomic E-state index is 0.195. The Bertz CT molecular complexity index is 891. The van der Waals surface area contributed by atoms with Crippen LogP contribution < -0.4 is 14.8 Å². The fourth-order valence-corrected chi connectivity index (χ4v) is 2.72. The van der Waals surface area contributed by atoms with Crippen LogP contribution in [0.15, 0.2) is 78.9 Å².